The Bertz CT molecular complexity index is 2020. The van der Waals surface area contributed by atoms with Gasteiger partial charge in [0.1, 0.15) is 11.7 Å². The molecule has 2 amide bonds. The van der Waals surface area contributed by atoms with Gasteiger partial charge in [0.15, 0.2) is 5.75 Å². The number of benzene rings is 3. The molecule has 4 aromatic rings. The number of para-hydroxylation sites is 1. The molecule has 2 saturated heterocycles. The van der Waals surface area contributed by atoms with Gasteiger partial charge in [-0.05, 0) is 96.1 Å². The molecule has 2 aliphatic rings. The molecule has 13 heteroatoms. The van der Waals surface area contributed by atoms with Crippen LogP contribution in [0.15, 0.2) is 54.2 Å². The fraction of sp³-hybridized carbons (Fsp3) is 0.452. The number of fused-ring (bicyclic) bond motifs is 1. The number of methoxy groups -OCH3 is 1. The van der Waals surface area contributed by atoms with E-state index < -0.39 is 0 Å². The van der Waals surface area contributed by atoms with E-state index >= 15 is 0 Å². The lowest BCUT2D eigenvalue weighted by Gasteiger charge is -2.35. The molecule has 0 spiro atoms. The van der Waals surface area contributed by atoms with Gasteiger partial charge in [-0.2, -0.15) is 0 Å². The summed E-state index contributed by atoms with van der Waals surface area (Å²) in [5.41, 5.74) is 5.99. The first-order chi connectivity index (χ1) is 26.6. The topological polar surface area (TPSA) is 127 Å². The number of allylic oxidation sites excluding steroid dienone is 1. The van der Waals surface area contributed by atoms with Crippen LogP contribution in [0.5, 0.6) is 11.5 Å². The number of anilines is 3. The first kappa shape index (κ1) is 39.3. The van der Waals surface area contributed by atoms with Crippen molar-refractivity contribution in [1.82, 2.24) is 24.7 Å². The maximum absolute atomic E-state index is 14.3. The normalized spacial score (nSPS) is 15.3. The van der Waals surface area contributed by atoms with Gasteiger partial charge in [0.2, 0.25) is 12.4 Å². The molecule has 292 valence electrons. The number of aromatic amines is 1. The van der Waals surface area contributed by atoms with E-state index in [1.165, 1.54) is 12.0 Å². The zero-order chi connectivity index (χ0) is 39.1. The molecule has 0 aliphatic carbocycles. The van der Waals surface area contributed by atoms with Crippen molar-refractivity contribution in [2.75, 3.05) is 96.3 Å². The lowest BCUT2D eigenvalue weighted by molar-refractivity contribution is -0.105. The SMILES string of the molecule is COc1c(-c2cccc3[nH]c(N4CCC(N(C)C)CC4)nc23)ccc(C(=O)N(C)c2ccc(C)cc2OCCCCC(=C=O)N2CCN(C)CC2)c1NC=O. The van der Waals surface area contributed by atoms with Gasteiger partial charge < -0.3 is 44.3 Å². The molecular weight excluding hydrogens is 697 g/mol. The van der Waals surface area contributed by atoms with E-state index in [4.69, 9.17) is 14.5 Å². The van der Waals surface area contributed by atoms with Gasteiger partial charge in [0.05, 0.1) is 47.4 Å². The number of nitrogens with zero attached hydrogens (tertiary/aromatic N) is 6. The summed E-state index contributed by atoms with van der Waals surface area (Å²) in [7, 11) is 9.57. The van der Waals surface area contributed by atoms with Gasteiger partial charge >= 0.3 is 0 Å². The van der Waals surface area contributed by atoms with Crippen molar-refractivity contribution < 1.29 is 23.9 Å². The minimum absolute atomic E-state index is 0.262. The van der Waals surface area contributed by atoms with Crippen LogP contribution >= 0.6 is 0 Å². The fourth-order valence-corrected chi connectivity index (χ4v) is 7.60. The number of carbonyl (C=O) groups excluding carboxylic acids is 3. The van der Waals surface area contributed by atoms with E-state index in [1.54, 1.807) is 13.1 Å². The number of nitrogens with one attached hydrogen (secondary N) is 2. The summed E-state index contributed by atoms with van der Waals surface area (Å²) in [5.74, 6) is 3.56. The number of carbonyl (C=O) groups is 2. The van der Waals surface area contributed by atoms with E-state index in [-0.39, 0.29) is 17.2 Å². The Morgan fingerprint density at radius 3 is 2.47 bits per heavy atom. The molecule has 0 radical (unpaired) electrons. The van der Waals surface area contributed by atoms with Crippen LogP contribution in [-0.2, 0) is 9.59 Å². The monoisotopic (exact) mass is 750 g/mol. The van der Waals surface area contributed by atoms with Crippen LogP contribution in [0.4, 0.5) is 17.3 Å². The molecular formula is C42H54N8O5. The Balaban J connectivity index is 1.20. The quantitative estimate of drug-likeness (QED) is 0.0923. The van der Waals surface area contributed by atoms with Crippen molar-refractivity contribution in [2.45, 2.75) is 45.1 Å². The van der Waals surface area contributed by atoms with E-state index in [1.807, 2.05) is 49.4 Å². The molecule has 6 rings (SSSR count). The van der Waals surface area contributed by atoms with Gasteiger partial charge in [0.25, 0.3) is 5.91 Å². The van der Waals surface area contributed by atoms with E-state index in [2.05, 4.69) is 57.0 Å². The first-order valence-corrected chi connectivity index (χ1v) is 19.1. The van der Waals surface area contributed by atoms with E-state index in [9.17, 15) is 14.4 Å². The Hall–Kier alpha value is -5.36. The van der Waals surface area contributed by atoms with Crippen molar-refractivity contribution in [3.8, 4) is 22.6 Å². The minimum Gasteiger partial charge on any atom is -0.494 e. The van der Waals surface area contributed by atoms with Crippen LogP contribution in [0.2, 0.25) is 0 Å². The standard InChI is InChI=1S/C42H54N8O5/c1-29-13-16-36(37(26-29)55-25-8-7-10-31(27-51)49-23-21-47(4)22-24-49)48(5)41(53)34-15-14-33(40(54-6)39(34)43-28-52)32-11-9-12-35-38(32)45-42(44-35)50-19-17-30(18-20-50)46(2)3/h9,11-16,26,28,30H,7-8,10,17-25H2,1-6H3,(H,43,52)(H,44,45). The zero-order valence-electron chi connectivity index (χ0n) is 33.0. The van der Waals surface area contributed by atoms with Crippen molar-refractivity contribution in [3.63, 3.8) is 0 Å². The molecule has 0 bridgehead atoms. The highest BCUT2D eigenvalue weighted by atomic mass is 16.5. The van der Waals surface area contributed by atoms with Gasteiger partial charge in [-0.15, -0.1) is 0 Å². The number of piperidine rings is 1. The summed E-state index contributed by atoms with van der Waals surface area (Å²) in [6, 6.07) is 15.8. The Morgan fingerprint density at radius 1 is 1.02 bits per heavy atom. The number of H-pyrrole nitrogens is 1. The average molecular weight is 751 g/mol. The smallest absolute Gasteiger partial charge is 0.260 e. The Kier molecular flexibility index (Phi) is 12.8. The summed E-state index contributed by atoms with van der Waals surface area (Å²) in [6.45, 7) is 7.74. The second-order valence-corrected chi connectivity index (χ2v) is 14.8. The predicted molar refractivity (Wildman–Crippen MR) is 218 cm³/mol. The summed E-state index contributed by atoms with van der Waals surface area (Å²) in [6.07, 6.45) is 4.83. The van der Waals surface area contributed by atoms with Crippen LogP contribution < -0.4 is 24.6 Å². The van der Waals surface area contributed by atoms with Crippen LogP contribution in [-0.4, -0.2) is 130 Å². The van der Waals surface area contributed by atoms with Crippen molar-refractivity contribution in [3.05, 3.63) is 65.4 Å². The first-order valence-electron chi connectivity index (χ1n) is 19.1. The van der Waals surface area contributed by atoms with Gasteiger partial charge in [0, 0.05) is 63.5 Å². The average Bonchev–Trinajstić information content (AvgIpc) is 3.64. The third-order valence-corrected chi connectivity index (χ3v) is 10.9. The molecule has 55 heavy (non-hydrogen) atoms. The third-order valence-electron chi connectivity index (χ3n) is 10.9. The summed E-state index contributed by atoms with van der Waals surface area (Å²) in [5, 5.41) is 2.76. The molecule has 3 aromatic carbocycles. The summed E-state index contributed by atoms with van der Waals surface area (Å²) >= 11 is 0. The summed E-state index contributed by atoms with van der Waals surface area (Å²) < 4.78 is 12.2. The van der Waals surface area contributed by atoms with Crippen molar-refractivity contribution >= 4 is 46.6 Å². The molecule has 3 heterocycles. The third kappa shape index (κ3) is 8.80. The fourth-order valence-electron chi connectivity index (χ4n) is 7.60. The Morgan fingerprint density at radius 2 is 1.78 bits per heavy atom. The number of imidazole rings is 1. The molecule has 2 aliphatic heterocycles. The van der Waals surface area contributed by atoms with Crippen LogP contribution in [0.3, 0.4) is 0 Å². The second kappa shape index (κ2) is 17.9. The largest absolute Gasteiger partial charge is 0.494 e. The second-order valence-electron chi connectivity index (χ2n) is 14.8. The van der Waals surface area contributed by atoms with Crippen molar-refractivity contribution in [2.24, 2.45) is 0 Å². The number of hydrogen-bond acceptors (Lipinski definition) is 10. The molecule has 13 nitrogen and oxygen atoms in total. The number of piperazine rings is 1. The van der Waals surface area contributed by atoms with E-state index in [0.717, 1.165) is 98.8 Å². The highest BCUT2D eigenvalue weighted by Crippen LogP contribution is 2.42. The highest BCUT2D eigenvalue weighted by molar-refractivity contribution is 6.13. The molecule has 0 saturated carbocycles. The van der Waals surface area contributed by atoms with Gasteiger partial charge in [-0.25, -0.2) is 9.78 Å². The molecule has 1 aromatic heterocycles. The number of aryl methyl sites for hydroxylation is 1. The number of amides is 2. The Labute approximate surface area is 323 Å². The number of hydrogen-bond donors (Lipinski definition) is 2. The zero-order valence-corrected chi connectivity index (χ0v) is 33.0. The van der Waals surface area contributed by atoms with Crippen LogP contribution in [0, 0.1) is 6.92 Å². The number of ether oxygens (including phenoxy) is 2. The lowest BCUT2D eigenvalue weighted by Crippen LogP contribution is -2.44. The lowest BCUT2D eigenvalue weighted by atomic mass is 9.98. The maximum atomic E-state index is 14.3. The van der Waals surface area contributed by atoms with Crippen LogP contribution in [0.25, 0.3) is 22.2 Å². The summed E-state index contributed by atoms with van der Waals surface area (Å²) in [4.78, 5) is 57.1. The molecule has 0 unspecified atom stereocenters. The molecule has 2 fully saturated rings. The maximum Gasteiger partial charge on any atom is 0.260 e. The van der Waals surface area contributed by atoms with Gasteiger partial charge in [-0.3, -0.25) is 9.59 Å². The number of likely N-dealkylation sites (N-methyl/N-ethyl adjacent to an activating group) is 1. The minimum atomic E-state index is -0.350. The number of unbranched alkanes of at least 4 members (excludes halogenated alkanes) is 1. The highest BCUT2D eigenvalue weighted by Gasteiger charge is 2.27. The predicted octanol–water partition coefficient (Wildman–Crippen LogP) is 5.43. The van der Waals surface area contributed by atoms with Gasteiger partial charge in [-0.1, -0.05) is 18.2 Å². The van der Waals surface area contributed by atoms with Crippen LogP contribution in [0.1, 0.15) is 48.0 Å². The number of rotatable bonds is 15. The molecule has 2 N–H and O–H groups in total. The number of aromatic nitrogens is 2. The molecule has 0 atom stereocenters. The van der Waals surface area contributed by atoms with E-state index in [0.29, 0.717) is 48.2 Å². The van der Waals surface area contributed by atoms with Crippen molar-refractivity contribution in [1.29, 1.82) is 0 Å².